The smallest absolute Gasteiger partial charge is 0.240 e. The lowest BCUT2D eigenvalue weighted by atomic mass is 10.3. The summed E-state index contributed by atoms with van der Waals surface area (Å²) < 4.78 is 38.1. The quantitative estimate of drug-likeness (QED) is 0.844. The second kappa shape index (κ2) is 7.19. The van der Waals surface area contributed by atoms with Crippen LogP contribution in [0.15, 0.2) is 52.0 Å². The maximum absolute atomic E-state index is 12.2. The Labute approximate surface area is 136 Å². The largest absolute Gasteiger partial charge is 0.490 e. The molecule has 23 heavy (non-hydrogen) atoms. The summed E-state index contributed by atoms with van der Waals surface area (Å²) in [5.74, 6) is 1.49. The lowest BCUT2D eigenvalue weighted by Crippen LogP contribution is -2.25. The third-order valence-corrected chi connectivity index (χ3v) is 5.46. The molecule has 1 aliphatic carbocycles. The lowest BCUT2D eigenvalue weighted by molar-refractivity contribution is 0.210. The highest BCUT2D eigenvalue weighted by atomic mass is 32.2. The van der Waals surface area contributed by atoms with Crippen LogP contribution in [0.2, 0.25) is 0 Å². The van der Waals surface area contributed by atoms with E-state index in [1.807, 2.05) is 6.07 Å². The molecule has 2 aromatic rings. The molecule has 1 aromatic heterocycles. The summed E-state index contributed by atoms with van der Waals surface area (Å²) in [6, 6.07) is 10.2. The van der Waals surface area contributed by atoms with E-state index in [1.165, 1.54) is 12.8 Å². The first-order chi connectivity index (χ1) is 11.1. The van der Waals surface area contributed by atoms with E-state index in [0.29, 0.717) is 13.0 Å². The first kappa shape index (κ1) is 16.1. The number of hydrogen-bond donors (Lipinski definition) is 1. The number of sulfonamides is 1. The van der Waals surface area contributed by atoms with Crippen LogP contribution in [0.3, 0.4) is 0 Å². The molecule has 0 spiro atoms. The highest BCUT2D eigenvalue weighted by Crippen LogP contribution is 2.24. The summed E-state index contributed by atoms with van der Waals surface area (Å²) >= 11 is 0. The highest BCUT2D eigenvalue weighted by molar-refractivity contribution is 7.89. The van der Waals surface area contributed by atoms with E-state index in [1.54, 1.807) is 36.6 Å². The molecule has 1 aliphatic rings. The average molecular weight is 335 g/mol. The van der Waals surface area contributed by atoms with Gasteiger partial charge in [0, 0.05) is 13.0 Å². The molecule has 0 aliphatic heterocycles. The van der Waals surface area contributed by atoms with Gasteiger partial charge in [0.1, 0.15) is 11.5 Å². The first-order valence-electron chi connectivity index (χ1n) is 7.92. The van der Waals surface area contributed by atoms with Crippen molar-refractivity contribution in [3.63, 3.8) is 0 Å². The van der Waals surface area contributed by atoms with Crippen LogP contribution in [0.5, 0.6) is 5.75 Å². The van der Waals surface area contributed by atoms with Crippen molar-refractivity contribution in [2.24, 2.45) is 0 Å². The van der Waals surface area contributed by atoms with Crippen molar-refractivity contribution < 1.29 is 17.6 Å². The van der Waals surface area contributed by atoms with Gasteiger partial charge >= 0.3 is 0 Å². The van der Waals surface area contributed by atoms with Crippen molar-refractivity contribution in [3.05, 3.63) is 48.4 Å². The fourth-order valence-corrected chi connectivity index (χ4v) is 3.77. The van der Waals surface area contributed by atoms with Crippen molar-refractivity contribution in [1.82, 2.24) is 4.72 Å². The first-order valence-corrected chi connectivity index (χ1v) is 9.40. The van der Waals surface area contributed by atoms with Crippen LogP contribution in [-0.2, 0) is 16.4 Å². The molecule has 0 bridgehead atoms. The Balaban J connectivity index is 1.56. The molecule has 0 amide bonds. The van der Waals surface area contributed by atoms with Gasteiger partial charge in [-0.3, -0.25) is 0 Å². The molecular formula is C17H21NO4S. The summed E-state index contributed by atoms with van der Waals surface area (Å²) in [5.41, 5.74) is 0. The molecule has 1 N–H and O–H groups in total. The van der Waals surface area contributed by atoms with Gasteiger partial charge in [0.25, 0.3) is 0 Å². The number of nitrogens with one attached hydrogen (secondary N) is 1. The average Bonchev–Trinajstić information content (AvgIpc) is 3.21. The van der Waals surface area contributed by atoms with Gasteiger partial charge in [0.2, 0.25) is 10.0 Å². The van der Waals surface area contributed by atoms with Crippen LogP contribution in [0.1, 0.15) is 31.4 Å². The Bertz CT molecular complexity index is 702. The van der Waals surface area contributed by atoms with Crippen LogP contribution < -0.4 is 9.46 Å². The molecule has 1 heterocycles. The molecule has 0 atom stereocenters. The zero-order chi connectivity index (χ0) is 16.1. The zero-order valence-electron chi connectivity index (χ0n) is 12.9. The summed E-state index contributed by atoms with van der Waals surface area (Å²) in [6.45, 7) is 0.302. The summed E-state index contributed by atoms with van der Waals surface area (Å²) in [5, 5.41) is 0. The standard InChI is InChI=1S/C17H21NO4S/c19-23(20,18-12-11-14-6-3-13-21-14)17-9-7-16(8-10-17)22-15-4-1-2-5-15/h3,6-10,13,15,18H,1-2,4-5,11-12H2. The number of ether oxygens (including phenoxy) is 1. The van der Waals surface area contributed by atoms with Crippen molar-refractivity contribution >= 4 is 10.0 Å². The molecule has 1 saturated carbocycles. The molecule has 124 valence electrons. The van der Waals surface area contributed by atoms with Gasteiger partial charge in [-0.05, 0) is 62.1 Å². The topological polar surface area (TPSA) is 68.5 Å². The third kappa shape index (κ3) is 4.36. The number of benzene rings is 1. The van der Waals surface area contributed by atoms with Gasteiger partial charge < -0.3 is 9.15 Å². The van der Waals surface area contributed by atoms with Gasteiger partial charge in [-0.1, -0.05) is 0 Å². The van der Waals surface area contributed by atoms with Gasteiger partial charge in [0.05, 0.1) is 17.3 Å². The third-order valence-electron chi connectivity index (χ3n) is 3.98. The second-order valence-corrected chi connectivity index (χ2v) is 7.49. The number of rotatable bonds is 7. The van der Waals surface area contributed by atoms with E-state index >= 15 is 0 Å². The van der Waals surface area contributed by atoms with E-state index < -0.39 is 10.0 Å². The minimum atomic E-state index is -3.50. The predicted octanol–water partition coefficient (Wildman–Crippen LogP) is 3.12. The van der Waals surface area contributed by atoms with Crippen molar-refractivity contribution in [2.75, 3.05) is 6.54 Å². The van der Waals surface area contributed by atoms with E-state index in [4.69, 9.17) is 9.15 Å². The Hall–Kier alpha value is -1.79. The number of hydrogen-bond acceptors (Lipinski definition) is 4. The van der Waals surface area contributed by atoms with Crippen molar-refractivity contribution in [1.29, 1.82) is 0 Å². The minimum absolute atomic E-state index is 0.246. The van der Waals surface area contributed by atoms with Crippen molar-refractivity contribution in [2.45, 2.75) is 43.1 Å². The SMILES string of the molecule is O=S(=O)(NCCc1ccco1)c1ccc(OC2CCCC2)cc1. The van der Waals surface area contributed by atoms with Crippen LogP contribution in [-0.4, -0.2) is 21.1 Å². The Morgan fingerprint density at radius 3 is 2.52 bits per heavy atom. The van der Waals surface area contributed by atoms with E-state index in [9.17, 15) is 8.42 Å². The fourth-order valence-electron chi connectivity index (χ4n) is 2.74. The monoisotopic (exact) mass is 335 g/mol. The molecular weight excluding hydrogens is 314 g/mol. The molecule has 0 radical (unpaired) electrons. The predicted molar refractivity (Wildman–Crippen MR) is 86.9 cm³/mol. The van der Waals surface area contributed by atoms with Crippen LogP contribution in [0.4, 0.5) is 0 Å². The van der Waals surface area contributed by atoms with E-state index in [-0.39, 0.29) is 11.0 Å². The molecule has 5 nitrogen and oxygen atoms in total. The maximum Gasteiger partial charge on any atom is 0.240 e. The lowest BCUT2D eigenvalue weighted by Gasteiger charge is -2.13. The van der Waals surface area contributed by atoms with E-state index in [0.717, 1.165) is 24.4 Å². The summed E-state index contributed by atoms with van der Waals surface area (Å²) in [4.78, 5) is 0.246. The Kier molecular flexibility index (Phi) is 5.03. The molecule has 1 fully saturated rings. The highest BCUT2D eigenvalue weighted by Gasteiger charge is 2.17. The van der Waals surface area contributed by atoms with E-state index in [2.05, 4.69) is 4.72 Å². The second-order valence-electron chi connectivity index (χ2n) is 5.72. The van der Waals surface area contributed by atoms with Crippen molar-refractivity contribution in [3.8, 4) is 5.75 Å². The van der Waals surface area contributed by atoms with Gasteiger partial charge in [-0.15, -0.1) is 0 Å². The number of furan rings is 1. The van der Waals surface area contributed by atoms with Crippen LogP contribution >= 0.6 is 0 Å². The maximum atomic E-state index is 12.2. The fraction of sp³-hybridized carbons (Fsp3) is 0.412. The summed E-state index contributed by atoms with van der Waals surface area (Å²) in [6.07, 6.45) is 6.93. The van der Waals surface area contributed by atoms with Crippen LogP contribution in [0.25, 0.3) is 0 Å². The molecule has 3 rings (SSSR count). The molecule has 0 unspecified atom stereocenters. The van der Waals surface area contributed by atoms with Gasteiger partial charge in [-0.2, -0.15) is 0 Å². The van der Waals surface area contributed by atoms with Gasteiger partial charge in [0.15, 0.2) is 0 Å². The Morgan fingerprint density at radius 2 is 1.87 bits per heavy atom. The normalized spacial score (nSPS) is 15.8. The van der Waals surface area contributed by atoms with Crippen LogP contribution in [0, 0.1) is 0 Å². The van der Waals surface area contributed by atoms with Gasteiger partial charge in [-0.25, -0.2) is 13.1 Å². The molecule has 0 saturated heterocycles. The Morgan fingerprint density at radius 1 is 1.13 bits per heavy atom. The summed E-state index contributed by atoms with van der Waals surface area (Å²) in [7, 11) is -3.50. The molecule has 6 heteroatoms. The zero-order valence-corrected chi connectivity index (χ0v) is 13.7. The molecule has 1 aromatic carbocycles. The minimum Gasteiger partial charge on any atom is -0.490 e.